The van der Waals surface area contributed by atoms with Crippen molar-refractivity contribution in [2.24, 2.45) is 0 Å². The molecule has 1 aromatic heterocycles. The summed E-state index contributed by atoms with van der Waals surface area (Å²) in [6.45, 7) is 12.3. The number of hydrogen-bond acceptors (Lipinski definition) is 2. The molecule has 0 aliphatic rings. The molecule has 0 saturated heterocycles. The predicted molar refractivity (Wildman–Crippen MR) is 77.4 cm³/mol. The monoisotopic (exact) mass is 303 g/mol. The molecule has 16 heavy (non-hydrogen) atoms. The Balaban J connectivity index is 2.56. The molecule has 1 rings (SSSR count). The van der Waals surface area contributed by atoms with Gasteiger partial charge in [0, 0.05) is 20.3 Å². The molecule has 92 valence electrons. The Morgan fingerprint density at radius 2 is 1.88 bits per heavy atom. The molecular formula is C13H22BrNS. The molecule has 0 atom stereocenters. The Bertz CT molecular complexity index is 336. The molecule has 1 N–H and O–H groups in total. The topological polar surface area (TPSA) is 12.0 Å². The molecule has 0 fully saturated rings. The van der Waals surface area contributed by atoms with Crippen LogP contribution in [0.2, 0.25) is 0 Å². The minimum absolute atomic E-state index is 0.211. The third-order valence-corrected chi connectivity index (χ3v) is 4.84. The zero-order valence-corrected chi connectivity index (χ0v) is 13.3. The van der Waals surface area contributed by atoms with E-state index in [1.54, 1.807) is 0 Å². The van der Waals surface area contributed by atoms with Crippen molar-refractivity contribution in [2.45, 2.75) is 52.0 Å². The first-order chi connectivity index (χ1) is 7.22. The van der Waals surface area contributed by atoms with E-state index in [0.717, 1.165) is 13.0 Å². The number of nitrogens with one attached hydrogen (secondary N) is 1. The van der Waals surface area contributed by atoms with Crippen LogP contribution in [0, 0.1) is 0 Å². The summed E-state index contributed by atoms with van der Waals surface area (Å²) in [6, 6.07) is 2.14. The lowest BCUT2D eigenvalue weighted by Crippen LogP contribution is -2.38. The third-order valence-electron chi connectivity index (χ3n) is 2.64. The summed E-state index contributed by atoms with van der Waals surface area (Å²) in [7, 11) is 0. The number of thiophene rings is 1. The van der Waals surface area contributed by atoms with Gasteiger partial charge in [0.25, 0.3) is 0 Å². The lowest BCUT2D eigenvalue weighted by molar-refractivity contribution is 0.381. The van der Waals surface area contributed by atoms with Gasteiger partial charge in [-0.15, -0.1) is 11.3 Å². The van der Waals surface area contributed by atoms with Crippen LogP contribution in [-0.4, -0.2) is 12.1 Å². The van der Waals surface area contributed by atoms with Gasteiger partial charge in [0.2, 0.25) is 0 Å². The standard InChI is InChI=1S/C13H22BrNS/c1-12(2,3)15-8-7-13(4,5)11-10(14)6-9-16-11/h6,9,15H,7-8H2,1-5H3. The highest BCUT2D eigenvalue weighted by Crippen LogP contribution is 2.36. The van der Waals surface area contributed by atoms with Gasteiger partial charge in [-0.1, -0.05) is 13.8 Å². The number of rotatable bonds is 4. The molecule has 0 aromatic carbocycles. The van der Waals surface area contributed by atoms with Gasteiger partial charge < -0.3 is 5.32 Å². The molecule has 1 heterocycles. The molecule has 0 bridgehead atoms. The summed E-state index contributed by atoms with van der Waals surface area (Å²) in [5, 5.41) is 5.70. The Hall–Kier alpha value is 0.140. The van der Waals surface area contributed by atoms with Gasteiger partial charge >= 0.3 is 0 Å². The second-order valence-electron chi connectivity index (χ2n) is 5.91. The van der Waals surface area contributed by atoms with Crippen molar-refractivity contribution in [1.29, 1.82) is 0 Å². The summed E-state index contributed by atoms with van der Waals surface area (Å²) < 4.78 is 1.25. The van der Waals surface area contributed by atoms with Gasteiger partial charge in [-0.05, 0) is 61.1 Å². The maximum absolute atomic E-state index is 3.62. The molecular weight excluding hydrogens is 282 g/mol. The average Bonchev–Trinajstić information content (AvgIpc) is 2.48. The van der Waals surface area contributed by atoms with Crippen LogP contribution in [0.15, 0.2) is 15.9 Å². The molecule has 0 unspecified atom stereocenters. The lowest BCUT2D eigenvalue weighted by Gasteiger charge is -2.27. The SMILES string of the molecule is CC(C)(C)NCCC(C)(C)c1sccc1Br. The molecule has 0 amide bonds. The highest BCUT2D eigenvalue weighted by molar-refractivity contribution is 9.10. The van der Waals surface area contributed by atoms with Gasteiger partial charge in [-0.25, -0.2) is 0 Å². The van der Waals surface area contributed by atoms with Gasteiger partial charge in [0.05, 0.1) is 0 Å². The van der Waals surface area contributed by atoms with Crippen LogP contribution < -0.4 is 5.32 Å². The van der Waals surface area contributed by atoms with Gasteiger partial charge in [-0.2, -0.15) is 0 Å². The smallest absolute Gasteiger partial charge is 0.0319 e. The van der Waals surface area contributed by atoms with E-state index in [1.165, 1.54) is 9.35 Å². The van der Waals surface area contributed by atoms with Crippen LogP contribution >= 0.6 is 27.3 Å². The Kier molecular flexibility index (Phi) is 4.61. The summed E-state index contributed by atoms with van der Waals surface area (Å²) >= 11 is 5.46. The van der Waals surface area contributed by atoms with E-state index >= 15 is 0 Å². The van der Waals surface area contributed by atoms with Crippen molar-refractivity contribution < 1.29 is 0 Å². The summed E-state index contributed by atoms with van der Waals surface area (Å²) in [4.78, 5) is 1.45. The van der Waals surface area contributed by atoms with Gasteiger partial charge in [0.1, 0.15) is 0 Å². The Morgan fingerprint density at radius 1 is 1.25 bits per heavy atom. The minimum Gasteiger partial charge on any atom is -0.312 e. The second-order valence-corrected chi connectivity index (χ2v) is 7.68. The maximum atomic E-state index is 3.62. The largest absolute Gasteiger partial charge is 0.312 e. The maximum Gasteiger partial charge on any atom is 0.0319 e. The molecule has 1 aromatic rings. The fraction of sp³-hybridized carbons (Fsp3) is 0.692. The van der Waals surface area contributed by atoms with E-state index in [0.29, 0.717) is 0 Å². The van der Waals surface area contributed by atoms with E-state index < -0.39 is 0 Å². The van der Waals surface area contributed by atoms with Gasteiger partial charge in [-0.3, -0.25) is 0 Å². The van der Waals surface area contributed by atoms with E-state index in [4.69, 9.17) is 0 Å². The van der Waals surface area contributed by atoms with Crippen LogP contribution in [0.3, 0.4) is 0 Å². The summed E-state index contributed by atoms with van der Waals surface area (Å²) in [5.74, 6) is 0. The number of halogens is 1. The van der Waals surface area contributed by atoms with Crippen LogP contribution in [0.25, 0.3) is 0 Å². The van der Waals surface area contributed by atoms with E-state index in [2.05, 4.69) is 67.3 Å². The molecule has 3 heteroatoms. The first kappa shape index (κ1) is 14.2. The minimum atomic E-state index is 0.211. The van der Waals surface area contributed by atoms with Crippen molar-refractivity contribution in [1.82, 2.24) is 5.32 Å². The van der Waals surface area contributed by atoms with E-state index in [-0.39, 0.29) is 11.0 Å². The quantitative estimate of drug-likeness (QED) is 0.859. The third kappa shape index (κ3) is 4.19. The predicted octanol–water partition coefficient (Wildman–Crippen LogP) is 4.57. The zero-order chi connectivity index (χ0) is 12.4. The fourth-order valence-electron chi connectivity index (χ4n) is 1.64. The summed E-state index contributed by atoms with van der Waals surface area (Å²) in [5.41, 5.74) is 0.452. The molecule has 0 spiro atoms. The van der Waals surface area contributed by atoms with Crippen molar-refractivity contribution in [2.75, 3.05) is 6.54 Å². The first-order valence-electron chi connectivity index (χ1n) is 5.71. The zero-order valence-electron chi connectivity index (χ0n) is 10.9. The molecule has 0 saturated carbocycles. The second kappa shape index (κ2) is 5.19. The van der Waals surface area contributed by atoms with E-state index in [9.17, 15) is 0 Å². The fourth-order valence-corrected chi connectivity index (χ4v) is 3.71. The van der Waals surface area contributed by atoms with Crippen molar-refractivity contribution >= 4 is 27.3 Å². The Labute approximate surface area is 112 Å². The lowest BCUT2D eigenvalue weighted by atomic mass is 9.87. The molecule has 0 aliphatic carbocycles. The first-order valence-corrected chi connectivity index (χ1v) is 7.38. The van der Waals surface area contributed by atoms with Crippen LogP contribution in [0.1, 0.15) is 45.9 Å². The van der Waals surface area contributed by atoms with Crippen molar-refractivity contribution in [3.63, 3.8) is 0 Å². The normalized spacial score (nSPS) is 13.1. The van der Waals surface area contributed by atoms with Crippen molar-refractivity contribution in [3.05, 3.63) is 20.8 Å². The Morgan fingerprint density at radius 3 is 2.31 bits per heavy atom. The average molecular weight is 304 g/mol. The van der Waals surface area contributed by atoms with Crippen LogP contribution in [0.4, 0.5) is 0 Å². The highest BCUT2D eigenvalue weighted by Gasteiger charge is 2.24. The molecule has 0 radical (unpaired) electrons. The van der Waals surface area contributed by atoms with Crippen LogP contribution in [0.5, 0.6) is 0 Å². The van der Waals surface area contributed by atoms with Crippen LogP contribution in [-0.2, 0) is 5.41 Å². The van der Waals surface area contributed by atoms with Crippen molar-refractivity contribution in [3.8, 4) is 0 Å². The molecule has 1 nitrogen and oxygen atoms in total. The highest BCUT2D eigenvalue weighted by atomic mass is 79.9. The number of hydrogen-bond donors (Lipinski definition) is 1. The van der Waals surface area contributed by atoms with E-state index in [1.807, 2.05) is 11.3 Å². The van der Waals surface area contributed by atoms with Gasteiger partial charge in [0.15, 0.2) is 0 Å². The summed E-state index contributed by atoms with van der Waals surface area (Å²) in [6.07, 6.45) is 1.16. The molecule has 0 aliphatic heterocycles.